The quantitative estimate of drug-likeness (QED) is 0.369. The zero-order valence-corrected chi connectivity index (χ0v) is 18.5. The van der Waals surface area contributed by atoms with Gasteiger partial charge >= 0.3 is 149 Å². The maximum atomic E-state index is 3.47. The molecule has 3 saturated heterocycles. The Balaban J connectivity index is 1.60. The number of hydrogen-bond acceptors (Lipinski definition) is 2. The molecule has 3 aliphatic heterocycles. The van der Waals surface area contributed by atoms with Crippen molar-refractivity contribution >= 4 is 93.4 Å². The van der Waals surface area contributed by atoms with Gasteiger partial charge in [0, 0.05) is 0 Å². The summed E-state index contributed by atoms with van der Waals surface area (Å²) in [5, 5.41) is 3.43. The van der Waals surface area contributed by atoms with Crippen LogP contribution in [0.3, 0.4) is 0 Å². The third kappa shape index (κ3) is 4.50. The first-order valence-electron chi connectivity index (χ1n) is 6.22. The van der Waals surface area contributed by atoms with Gasteiger partial charge in [-0.15, -0.1) is 0 Å². The van der Waals surface area contributed by atoms with Crippen LogP contribution in [-0.4, -0.2) is 91.9 Å². The second-order valence-electron chi connectivity index (χ2n) is 4.93. The van der Waals surface area contributed by atoms with E-state index in [1.165, 1.54) is 29.7 Å². The normalized spacial score (nSPS) is 38.2. The third-order valence-electron chi connectivity index (χ3n) is 3.39. The predicted octanol–water partition coefficient (Wildman–Crippen LogP) is 1.30. The van der Waals surface area contributed by atoms with Crippen molar-refractivity contribution in [1.82, 2.24) is 0 Å². The van der Waals surface area contributed by atoms with E-state index in [-0.39, 0.29) is 0 Å². The van der Waals surface area contributed by atoms with Crippen molar-refractivity contribution in [2.24, 2.45) is 5.92 Å². The van der Waals surface area contributed by atoms with E-state index >= 15 is 0 Å². The molecule has 0 bridgehead atoms. The van der Waals surface area contributed by atoms with Gasteiger partial charge in [-0.05, 0) is 0 Å². The fraction of sp³-hybridized carbons (Fsp3) is 0.833. The fourth-order valence-corrected chi connectivity index (χ4v) is 15.1. The van der Waals surface area contributed by atoms with E-state index in [1.807, 2.05) is 0 Å². The Morgan fingerprint density at radius 3 is 2.28 bits per heavy atom. The molecule has 0 amide bonds. The first-order chi connectivity index (χ1) is 8.74. The van der Waals surface area contributed by atoms with Gasteiger partial charge < -0.3 is 0 Å². The number of thioether (sulfide) groups is 2. The van der Waals surface area contributed by atoms with E-state index in [0.717, 1.165) is 51.1 Å². The second-order valence-corrected chi connectivity index (χ2v) is 16.2. The van der Waals surface area contributed by atoms with Gasteiger partial charge in [0.15, 0.2) is 0 Å². The molecule has 0 aromatic heterocycles. The van der Waals surface area contributed by atoms with Crippen LogP contribution < -0.4 is 0 Å². The summed E-state index contributed by atoms with van der Waals surface area (Å²) in [6.07, 6.45) is 2.73. The van der Waals surface area contributed by atoms with Crippen molar-refractivity contribution in [2.45, 2.75) is 37.7 Å². The van der Waals surface area contributed by atoms with E-state index in [2.05, 4.69) is 54.7 Å². The van der Waals surface area contributed by atoms with E-state index in [0.29, 0.717) is 0 Å². The predicted molar refractivity (Wildman–Crippen MR) is 91.6 cm³/mol. The number of hydrogen-bond donors (Lipinski definition) is 0. The van der Waals surface area contributed by atoms with E-state index in [9.17, 15) is 0 Å². The maximum absolute atomic E-state index is 3.47. The fourth-order valence-electron chi connectivity index (χ4n) is 2.17. The molecule has 4 unspecified atom stereocenters. The molecule has 4 atom stereocenters. The third-order valence-corrected chi connectivity index (χ3v) is 15.2. The summed E-state index contributed by atoms with van der Waals surface area (Å²) in [7, 11) is 0. The van der Waals surface area contributed by atoms with Gasteiger partial charge in [-0.3, -0.25) is 0 Å². The zero-order chi connectivity index (χ0) is 12.5. The van der Waals surface area contributed by atoms with Crippen LogP contribution >= 0.6 is 23.5 Å². The van der Waals surface area contributed by atoms with Crippen LogP contribution in [0.1, 0.15) is 12.8 Å². The van der Waals surface area contributed by atoms with Crippen LogP contribution in [0.15, 0.2) is 0 Å². The van der Waals surface area contributed by atoms with Gasteiger partial charge in [0.1, 0.15) is 0 Å². The molecule has 6 heteroatoms. The Labute approximate surface area is 147 Å². The van der Waals surface area contributed by atoms with Crippen molar-refractivity contribution in [3.05, 3.63) is 0 Å². The van der Waals surface area contributed by atoms with Crippen molar-refractivity contribution < 1.29 is 0 Å². The monoisotopic (exact) mass is 544 g/mol. The molecular weight excluding hydrogens is 524 g/mol. The van der Waals surface area contributed by atoms with Crippen molar-refractivity contribution in [2.75, 3.05) is 11.5 Å². The van der Waals surface area contributed by atoms with Crippen LogP contribution in [0.25, 0.3) is 0 Å². The molecule has 100 valence electrons. The summed E-state index contributed by atoms with van der Waals surface area (Å²) in [6.45, 7) is 0. The Bertz CT molecular complexity index is 318. The number of rotatable bonds is 6. The molecule has 3 aliphatic rings. The summed E-state index contributed by atoms with van der Waals surface area (Å²) < 4.78 is 5.01. The van der Waals surface area contributed by atoms with Crippen molar-refractivity contribution in [3.63, 3.8) is 0 Å². The summed E-state index contributed by atoms with van der Waals surface area (Å²) in [4.78, 5) is 0.925. The Morgan fingerprint density at radius 2 is 1.67 bits per heavy atom. The summed E-state index contributed by atoms with van der Waals surface area (Å²) in [6, 6.07) is 0. The SMILES string of the molecule is [Se]=C(CC1CS1)C1C[Se]C[Se]C1C(=[Se])CC1CS1. The van der Waals surface area contributed by atoms with E-state index in [1.54, 1.807) is 13.1 Å². The molecule has 0 aliphatic carbocycles. The van der Waals surface area contributed by atoms with Gasteiger partial charge in [-0.2, -0.15) is 0 Å². The minimum absolute atomic E-state index is 0.870. The van der Waals surface area contributed by atoms with Gasteiger partial charge in [0.05, 0.1) is 0 Å². The minimum atomic E-state index is 0.870. The Hall–Kier alpha value is 2.52. The molecule has 0 aromatic rings. The first-order valence-corrected chi connectivity index (χ1v) is 14.7. The molecule has 0 saturated carbocycles. The summed E-state index contributed by atoms with van der Waals surface area (Å²) in [5.41, 5.74) is 0. The molecule has 3 rings (SSSR count). The van der Waals surface area contributed by atoms with Crippen LogP contribution in [0.2, 0.25) is 14.4 Å². The summed E-state index contributed by atoms with van der Waals surface area (Å²) in [5.74, 6) is 3.72. The second kappa shape index (κ2) is 7.19. The summed E-state index contributed by atoms with van der Waals surface area (Å²) >= 11 is 13.0. The van der Waals surface area contributed by atoms with Gasteiger partial charge in [0.2, 0.25) is 0 Å². The molecule has 0 spiro atoms. The first kappa shape index (κ1) is 15.4. The molecule has 3 fully saturated rings. The van der Waals surface area contributed by atoms with Crippen LogP contribution in [-0.2, 0) is 0 Å². The molecule has 0 radical (unpaired) electrons. The molecule has 0 nitrogen and oxygen atoms in total. The molecule has 3 heterocycles. The van der Waals surface area contributed by atoms with Gasteiger partial charge in [0.25, 0.3) is 0 Å². The Morgan fingerprint density at radius 1 is 1.06 bits per heavy atom. The zero-order valence-electron chi connectivity index (χ0n) is 10.0. The van der Waals surface area contributed by atoms with Crippen LogP contribution in [0.4, 0.5) is 0 Å². The van der Waals surface area contributed by atoms with E-state index in [4.69, 9.17) is 0 Å². The Kier molecular flexibility index (Phi) is 6.15. The molecule has 0 aromatic carbocycles. The molecular formula is C12H16S2Se4. The average Bonchev–Trinajstić information content (AvgIpc) is 3.25. The standard InChI is InChI=1S/C12H16S2Se4/c15-10(1-7-3-13-7)9-5-17-6-18-12(9)11(16)2-8-4-14-8/h7-9,12H,1-6H2. The van der Waals surface area contributed by atoms with Crippen molar-refractivity contribution in [1.29, 1.82) is 0 Å². The van der Waals surface area contributed by atoms with Crippen molar-refractivity contribution in [3.8, 4) is 0 Å². The topological polar surface area (TPSA) is 0 Å². The van der Waals surface area contributed by atoms with Gasteiger partial charge in [-0.25, -0.2) is 0 Å². The average molecular weight is 540 g/mol. The molecule has 0 N–H and O–H groups in total. The molecule has 18 heavy (non-hydrogen) atoms. The van der Waals surface area contributed by atoms with Crippen LogP contribution in [0, 0.1) is 5.92 Å². The van der Waals surface area contributed by atoms with Gasteiger partial charge in [-0.1, -0.05) is 0 Å². The van der Waals surface area contributed by atoms with E-state index < -0.39 is 0 Å². The van der Waals surface area contributed by atoms with Crippen LogP contribution in [0.5, 0.6) is 0 Å².